The molecule has 0 aromatic carbocycles. The second-order valence-corrected chi connectivity index (χ2v) is 7.93. The Morgan fingerprint density at radius 1 is 0.912 bits per heavy atom. The van der Waals surface area contributed by atoms with Gasteiger partial charge in [0.15, 0.2) is 5.82 Å². The van der Waals surface area contributed by atoms with Crippen molar-refractivity contribution in [2.45, 2.75) is 13.5 Å². The summed E-state index contributed by atoms with van der Waals surface area (Å²) in [5.41, 5.74) is 7.76. The van der Waals surface area contributed by atoms with Crippen LogP contribution in [0.3, 0.4) is 0 Å². The summed E-state index contributed by atoms with van der Waals surface area (Å²) in [6.07, 6.45) is 10.8. The van der Waals surface area contributed by atoms with Gasteiger partial charge in [-0.15, -0.1) is 0 Å². The molecule has 0 aliphatic heterocycles. The van der Waals surface area contributed by atoms with E-state index in [0.717, 1.165) is 68.8 Å². The highest BCUT2D eigenvalue weighted by Crippen LogP contribution is 2.31. The zero-order valence-corrected chi connectivity index (χ0v) is 18.4. The van der Waals surface area contributed by atoms with Gasteiger partial charge in [0.05, 0.1) is 34.8 Å². The van der Waals surface area contributed by atoms with Crippen molar-refractivity contribution in [3.63, 3.8) is 0 Å². The van der Waals surface area contributed by atoms with Crippen LogP contribution in [-0.2, 0) is 6.54 Å². The monoisotopic (exact) mass is 447 g/mol. The van der Waals surface area contributed by atoms with Crippen LogP contribution in [0.15, 0.2) is 67.5 Å². The average Bonchev–Trinajstić information content (AvgIpc) is 3.51. The summed E-state index contributed by atoms with van der Waals surface area (Å²) in [7, 11) is 0. The molecule has 9 heteroatoms. The van der Waals surface area contributed by atoms with Crippen LogP contribution in [0.25, 0.3) is 56.0 Å². The molecule has 0 amide bonds. The lowest BCUT2D eigenvalue weighted by atomic mass is 10.1. The molecule has 0 spiro atoms. The number of nitrogens with one attached hydrogen (secondary N) is 3. The molecule has 0 saturated heterocycles. The van der Waals surface area contributed by atoms with Crippen molar-refractivity contribution in [3.05, 3.63) is 73.1 Å². The molecule has 0 aliphatic rings. The van der Waals surface area contributed by atoms with Gasteiger partial charge in [-0.25, -0.2) is 4.98 Å². The molecule has 0 saturated carbocycles. The van der Waals surface area contributed by atoms with Crippen molar-refractivity contribution < 1.29 is 0 Å². The SMILES string of the molecule is CCNCc1cncc(-c2cc3c(-c4nc5c(-c6ccccn6)cncc5[nH]4)n[nH]c3cn2)c1. The summed E-state index contributed by atoms with van der Waals surface area (Å²) >= 11 is 0. The Kier molecular flexibility index (Phi) is 5.00. The predicted molar refractivity (Wildman–Crippen MR) is 131 cm³/mol. The largest absolute Gasteiger partial charge is 0.335 e. The van der Waals surface area contributed by atoms with Crippen molar-refractivity contribution in [1.29, 1.82) is 0 Å². The molecule has 6 rings (SSSR count). The molecular formula is C25H21N9. The van der Waals surface area contributed by atoms with Gasteiger partial charge >= 0.3 is 0 Å². The van der Waals surface area contributed by atoms with Gasteiger partial charge in [0.1, 0.15) is 11.2 Å². The number of nitrogens with zero attached hydrogens (tertiary/aromatic N) is 6. The van der Waals surface area contributed by atoms with Gasteiger partial charge in [0, 0.05) is 47.8 Å². The summed E-state index contributed by atoms with van der Waals surface area (Å²) in [5, 5.41) is 11.9. The molecule has 6 aromatic rings. The van der Waals surface area contributed by atoms with Gasteiger partial charge in [-0.3, -0.25) is 25.0 Å². The van der Waals surface area contributed by atoms with E-state index in [1.54, 1.807) is 24.8 Å². The molecular weight excluding hydrogens is 426 g/mol. The first-order chi connectivity index (χ1) is 16.8. The highest BCUT2D eigenvalue weighted by molar-refractivity contribution is 5.97. The number of aromatic nitrogens is 8. The van der Waals surface area contributed by atoms with E-state index in [-0.39, 0.29) is 0 Å². The summed E-state index contributed by atoms with van der Waals surface area (Å²) in [6.45, 7) is 3.75. The summed E-state index contributed by atoms with van der Waals surface area (Å²) < 4.78 is 0. The van der Waals surface area contributed by atoms with Gasteiger partial charge in [-0.05, 0) is 36.4 Å². The number of rotatable bonds is 6. The molecule has 0 aliphatic carbocycles. The number of fused-ring (bicyclic) bond motifs is 2. The maximum Gasteiger partial charge on any atom is 0.159 e. The minimum Gasteiger partial charge on any atom is -0.335 e. The van der Waals surface area contributed by atoms with E-state index in [2.05, 4.69) is 53.4 Å². The van der Waals surface area contributed by atoms with E-state index in [0.29, 0.717) is 5.82 Å². The topological polar surface area (TPSA) is 121 Å². The number of aromatic amines is 2. The average molecular weight is 448 g/mol. The molecule has 34 heavy (non-hydrogen) atoms. The van der Waals surface area contributed by atoms with Crippen LogP contribution in [0.2, 0.25) is 0 Å². The Hall–Kier alpha value is -4.50. The summed E-state index contributed by atoms with van der Waals surface area (Å²) in [6, 6.07) is 9.92. The number of pyridine rings is 4. The lowest BCUT2D eigenvalue weighted by Gasteiger charge is -2.05. The van der Waals surface area contributed by atoms with E-state index in [1.807, 2.05) is 36.7 Å². The fraction of sp³-hybridized carbons (Fsp3) is 0.120. The summed E-state index contributed by atoms with van der Waals surface area (Å²) in [4.78, 5) is 26.1. The second kappa shape index (κ2) is 8.45. The molecule has 0 atom stereocenters. The van der Waals surface area contributed by atoms with Crippen LogP contribution in [0.1, 0.15) is 12.5 Å². The van der Waals surface area contributed by atoms with Crippen molar-refractivity contribution in [2.75, 3.05) is 6.54 Å². The minimum atomic E-state index is 0.655. The van der Waals surface area contributed by atoms with Crippen LogP contribution < -0.4 is 5.32 Å². The van der Waals surface area contributed by atoms with Gasteiger partial charge in [-0.2, -0.15) is 5.10 Å². The van der Waals surface area contributed by atoms with Crippen LogP contribution in [-0.4, -0.2) is 46.6 Å². The highest BCUT2D eigenvalue weighted by atomic mass is 15.1. The molecule has 6 heterocycles. The lowest BCUT2D eigenvalue weighted by molar-refractivity contribution is 0.724. The smallest absolute Gasteiger partial charge is 0.159 e. The van der Waals surface area contributed by atoms with Crippen LogP contribution in [0, 0.1) is 0 Å². The zero-order valence-electron chi connectivity index (χ0n) is 18.4. The zero-order chi connectivity index (χ0) is 22.9. The highest BCUT2D eigenvalue weighted by Gasteiger charge is 2.17. The molecule has 6 aromatic heterocycles. The molecule has 0 fully saturated rings. The van der Waals surface area contributed by atoms with Gasteiger partial charge < -0.3 is 10.3 Å². The molecule has 3 N–H and O–H groups in total. The molecule has 0 bridgehead atoms. The van der Waals surface area contributed by atoms with E-state index < -0.39 is 0 Å². The number of imidazole rings is 1. The van der Waals surface area contributed by atoms with E-state index in [9.17, 15) is 0 Å². The first-order valence-corrected chi connectivity index (χ1v) is 11.0. The Morgan fingerprint density at radius 2 is 1.85 bits per heavy atom. The first-order valence-electron chi connectivity index (χ1n) is 11.0. The Labute approximate surface area is 194 Å². The number of hydrogen-bond acceptors (Lipinski definition) is 7. The lowest BCUT2D eigenvalue weighted by Crippen LogP contribution is -2.11. The minimum absolute atomic E-state index is 0.655. The Bertz CT molecular complexity index is 1600. The normalized spacial score (nSPS) is 11.4. The van der Waals surface area contributed by atoms with Crippen molar-refractivity contribution in [3.8, 4) is 34.0 Å². The first kappa shape index (κ1) is 20.1. The second-order valence-electron chi connectivity index (χ2n) is 7.93. The number of hydrogen-bond donors (Lipinski definition) is 3. The third-order valence-corrected chi connectivity index (χ3v) is 5.68. The van der Waals surface area contributed by atoms with Gasteiger partial charge in [0.2, 0.25) is 0 Å². The van der Waals surface area contributed by atoms with E-state index >= 15 is 0 Å². The third-order valence-electron chi connectivity index (χ3n) is 5.68. The molecule has 9 nitrogen and oxygen atoms in total. The molecule has 0 unspecified atom stereocenters. The van der Waals surface area contributed by atoms with Crippen molar-refractivity contribution >= 4 is 21.9 Å². The fourth-order valence-corrected chi connectivity index (χ4v) is 4.00. The van der Waals surface area contributed by atoms with Crippen molar-refractivity contribution in [2.24, 2.45) is 0 Å². The fourth-order valence-electron chi connectivity index (χ4n) is 4.00. The quantitative estimate of drug-likeness (QED) is 0.351. The van der Waals surface area contributed by atoms with E-state index in [4.69, 9.17) is 4.98 Å². The van der Waals surface area contributed by atoms with Crippen LogP contribution in [0.4, 0.5) is 0 Å². The number of H-pyrrole nitrogens is 2. The molecule has 0 radical (unpaired) electrons. The maximum absolute atomic E-state index is 4.87. The predicted octanol–water partition coefficient (Wildman–Crippen LogP) is 4.13. The van der Waals surface area contributed by atoms with Gasteiger partial charge in [-0.1, -0.05) is 13.0 Å². The van der Waals surface area contributed by atoms with Crippen LogP contribution in [0.5, 0.6) is 0 Å². The van der Waals surface area contributed by atoms with Crippen molar-refractivity contribution in [1.82, 2.24) is 45.4 Å². The Morgan fingerprint density at radius 3 is 2.74 bits per heavy atom. The standard InChI is InChI=1S/C25H21N9/c1-2-26-9-15-7-16(11-27-10-15)20-8-17-21(14-30-20)33-34-24(17)25-31-22-13-28-12-18(23(22)32-25)19-5-3-4-6-29-19/h3-8,10-14,26H,2,9H2,1H3,(H,31,32)(H,33,34). The van der Waals surface area contributed by atoms with Gasteiger partial charge in [0.25, 0.3) is 0 Å². The maximum atomic E-state index is 4.87. The summed E-state index contributed by atoms with van der Waals surface area (Å²) in [5.74, 6) is 0.655. The van der Waals surface area contributed by atoms with Crippen LogP contribution >= 0.6 is 0 Å². The third kappa shape index (κ3) is 3.57. The molecule has 166 valence electrons. The Balaban J connectivity index is 1.44. The van der Waals surface area contributed by atoms with E-state index in [1.165, 1.54) is 0 Å².